The van der Waals surface area contributed by atoms with Gasteiger partial charge in [0.15, 0.2) is 0 Å². The highest BCUT2D eigenvalue weighted by atomic mass is 16.2. The Morgan fingerprint density at radius 2 is 1.80 bits per heavy atom. The van der Waals surface area contributed by atoms with Crippen molar-refractivity contribution in [3.8, 4) is 0 Å². The number of rotatable bonds is 7. The molecule has 5 N–H and O–H groups in total. The minimum absolute atomic E-state index is 0.262. The summed E-state index contributed by atoms with van der Waals surface area (Å²) in [5.74, 6) is -0.615. The van der Waals surface area contributed by atoms with Crippen molar-refractivity contribution in [1.82, 2.24) is 5.32 Å². The van der Waals surface area contributed by atoms with E-state index >= 15 is 0 Å². The maximum atomic E-state index is 12.0. The lowest BCUT2D eigenvalue weighted by Crippen LogP contribution is -2.51. The highest BCUT2D eigenvalue weighted by Gasteiger charge is 2.22. The number of nitrogens with one attached hydrogen (secondary N) is 1. The maximum Gasteiger partial charge on any atom is 0.240 e. The van der Waals surface area contributed by atoms with Gasteiger partial charge in [-0.05, 0) is 24.3 Å². The summed E-state index contributed by atoms with van der Waals surface area (Å²) >= 11 is 0. The lowest BCUT2D eigenvalue weighted by Gasteiger charge is -2.20. The number of hydrogen-bond donors (Lipinski definition) is 3. The molecule has 1 aromatic rings. The van der Waals surface area contributed by atoms with Gasteiger partial charge in [-0.3, -0.25) is 9.59 Å². The van der Waals surface area contributed by atoms with Crippen molar-refractivity contribution in [2.75, 3.05) is 0 Å². The molecule has 0 aliphatic rings. The molecule has 2 atom stereocenters. The van der Waals surface area contributed by atoms with Crippen LogP contribution in [0.25, 0.3) is 0 Å². The van der Waals surface area contributed by atoms with Crippen LogP contribution < -0.4 is 16.8 Å². The predicted octanol–water partition coefficient (Wildman–Crippen LogP) is 0.573. The summed E-state index contributed by atoms with van der Waals surface area (Å²) in [6.07, 6.45) is 0.943. The molecule has 0 saturated heterocycles. The Kier molecular flexibility index (Phi) is 6.18. The van der Waals surface area contributed by atoms with E-state index in [1.54, 1.807) is 0 Å². The summed E-state index contributed by atoms with van der Waals surface area (Å²) in [5.41, 5.74) is 12.1. The van der Waals surface area contributed by atoms with Gasteiger partial charge in [-0.2, -0.15) is 0 Å². The summed E-state index contributed by atoms with van der Waals surface area (Å²) in [6, 6.07) is 8.16. The van der Waals surface area contributed by atoms with Crippen molar-refractivity contribution in [3.63, 3.8) is 0 Å². The van der Waals surface area contributed by atoms with Crippen LogP contribution in [0.15, 0.2) is 30.3 Å². The molecule has 1 rings (SSSR count). The Balaban J connectivity index is 2.57. The van der Waals surface area contributed by atoms with Gasteiger partial charge < -0.3 is 16.8 Å². The van der Waals surface area contributed by atoms with Crippen molar-refractivity contribution in [2.45, 2.75) is 38.8 Å². The second-order valence-corrected chi connectivity index (χ2v) is 5.39. The van der Waals surface area contributed by atoms with E-state index in [4.69, 9.17) is 11.5 Å². The maximum absolute atomic E-state index is 12.0. The van der Waals surface area contributed by atoms with Crippen LogP contribution in [0.1, 0.15) is 25.8 Å². The van der Waals surface area contributed by atoms with E-state index in [1.807, 2.05) is 44.2 Å². The van der Waals surface area contributed by atoms with E-state index < -0.39 is 18.0 Å². The van der Waals surface area contributed by atoms with Crippen molar-refractivity contribution in [1.29, 1.82) is 0 Å². The SMILES string of the molecule is CC(C)C[C@H](NC(=O)C(N)Cc1ccccc1)C(N)=O. The smallest absolute Gasteiger partial charge is 0.240 e. The number of amides is 2. The lowest BCUT2D eigenvalue weighted by atomic mass is 10.0. The molecule has 0 fully saturated rings. The topological polar surface area (TPSA) is 98.2 Å². The van der Waals surface area contributed by atoms with Crippen molar-refractivity contribution >= 4 is 11.8 Å². The number of benzene rings is 1. The zero-order valence-corrected chi connectivity index (χ0v) is 12.0. The lowest BCUT2D eigenvalue weighted by molar-refractivity contribution is -0.128. The second-order valence-electron chi connectivity index (χ2n) is 5.39. The van der Waals surface area contributed by atoms with Gasteiger partial charge in [0.25, 0.3) is 0 Å². The molecule has 0 bridgehead atoms. The first-order valence-electron chi connectivity index (χ1n) is 6.79. The first kappa shape index (κ1) is 16.2. The molecule has 0 saturated carbocycles. The van der Waals surface area contributed by atoms with Gasteiger partial charge in [0.05, 0.1) is 6.04 Å². The number of primary amides is 1. The molecule has 5 nitrogen and oxygen atoms in total. The average Bonchev–Trinajstić information content (AvgIpc) is 2.38. The van der Waals surface area contributed by atoms with Crippen molar-refractivity contribution < 1.29 is 9.59 Å². The molecular weight excluding hydrogens is 254 g/mol. The van der Waals surface area contributed by atoms with Crippen molar-refractivity contribution in [2.24, 2.45) is 17.4 Å². The van der Waals surface area contributed by atoms with E-state index in [2.05, 4.69) is 5.32 Å². The predicted molar refractivity (Wildman–Crippen MR) is 78.7 cm³/mol. The normalized spacial score (nSPS) is 13.8. The van der Waals surface area contributed by atoms with Gasteiger partial charge >= 0.3 is 0 Å². The molecule has 0 aliphatic heterocycles. The van der Waals surface area contributed by atoms with E-state index in [9.17, 15) is 9.59 Å². The fraction of sp³-hybridized carbons (Fsp3) is 0.467. The van der Waals surface area contributed by atoms with Gasteiger partial charge in [-0.15, -0.1) is 0 Å². The van der Waals surface area contributed by atoms with Crippen molar-refractivity contribution in [3.05, 3.63) is 35.9 Å². The van der Waals surface area contributed by atoms with Crippen LogP contribution in [0.3, 0.4) is 0 Å². The molecule has 0 aliphatic carbocycles. The van der Waals surface area contributed by atoms with Gasteiger partial charge in [0, 0.05) is 0 Å². The zero-order valence-electron chi connectivity index (χ0n) is 12.0. The highest BCUT2D eigenvalue weighted by molar-refractivity contribution is 5.89. The first-order chi connectivity index (χ1) is 9.40. The highest BCUT2D eigenvalue weighted by Crippen LogP contribution is 2.06. The third-order valence-corrected chi connectivity index (χ3v) is 3.00. The van der Waals surface area contributed by atoms with Crippen LogP contribution in [-0.2, 0) is 16.0 Å². The second kappa shape index (κ2) is 7.65. The first-order valence-corrected chi connectivity index (χ1v) is 6.79. The quantitative estimate of drug-likeness (QED) is 0.679. The van der Waals surface area contributed by atoms with E-state index in [1.165, 1.54) is 0 Å². The third kappa shape index (κ3) is 5.40. The summed E-state index contributed by atoms with van der Waals surface area (Å²) < 4.78 is 0. The van der Waals surface area contributed by atoms with Gasteiger partial charge in [0.1, 0.15) is 6.04 Å². The number of nitrogens with two attached hydrogens (primary N) is 2. The molecule has 1 aromatic carbocycles. The molecule has 5 heteroatoms. The molecular formula is C15H23N3O2. The summed E-state index contributed by atoms with van der Waals surface area (Å²) in [5, 5.41) is 2.63. The molecule has 1 unspecified atom stereocenters. The van der Waals surface area contributed by atoms with Gasteiger partial charge in [-0.1, -0.05) is 44.2 Å². The van der Waals surface area contributed by atoms with Crippen LogP contribution >= 0.6 is 0 Å². The summed E-state index contributed by atoms with van der Waals surface area (Å²) in [7, 11) is 0. The van der Waals surface area contributed by atoms with Crippen LogP contribution in [0.4, 0.5) is 0 Å². The summed E-state index contributed by atoms with van der Waals surface area (Å²) in [4.78, 5) is 23.3. The Labute approximate surface area is 119 Å². The van der Waals surface area contributed by atoms with Crippen LogP contribution in [-0.4, -0.2) is 23.9 Å². The molecule has 0 heterocycles. The number of carbonyl (C=O) groups is 2. The molecule has 0 spiro atoms. The Morgan fingerprint density at radius 3 is 2.30 bits per heavy atom. The molecule has 20 heavy (non-hydrogen) atoms. The largest absolute Gasteiger partial charge is 0.368 e. The Morgan fingerprint density at radius 1 is 1.20 bits per heavy atom. The fourth-order valence-electron chi connectivity index (χ4n) is 1.96. The van der Waals surface area contributed by atoms with Crippen LogP contribution in [0, 0.1) is 5.92 Å². The number of carbonyl (C=O) groups excluding carboxylic acids is 2. The minimum Gasteiger partial charge on any atom is -0.368 e. The van der Waals surface area contributed by atoms with E-state index in [0.717, 1.165) is 5.56 Å². The van der Waals surface area contributed by atoms with Gasteiger partial charge in [-0.25, -0.2) is 0 Å². The third-order valence-electron chi connectivity index (χ3n) is 3.00. The standard InChI is InChI=1S/C15H23N3O2/c1-10(2)8-13(14(17)19)18-15(20)12(16)9-11-6-4-3-5-7-11/h3-7,10,12-13H,8-9,16H2,1-2H3,(H2,17,19)(H,18,20)/t12?,13-/m0/s1. The van der Waals surface area contributed by atoms with Crippen LogP contribution in [0.2, 0.25) is 0 Å². The Hall–Kier alpha value is -1.88. The van der Waals surface area contributed by atoms with Gasteiger partial charge in [0.2, 0.25) is 11.8 Å². The monoisotopic (exact) mass is 277 g/mol. The van der Waals surface area contributed by atoms with E-state index in [-0.39, 0.29) is 11.8 Å². The molecule has 2 amide bonds. The minimum atomic E-state index is -0.689. The van der Waals surface area contributed by atoms with E-state index in [0.29, 0.717) is 12.8 Å². The average molecular weight is 277 g/mol. The van der Waals surface area contributed by atoms with Crippen LogP contribution in [0.5, 0.6) is 0 Å². The fourth-order valence-corrected chi connectivity index (χ4v) is 1.96. The Bertz CT molecular complexity index is 446. The molecule has 0 aromatic heterocycles. The number of hydrogen-bond acceptors (Lipinski definition) is 3. The molecule has 110 valence electrons. The summed E-state index contributed by atoms with van der Waals surface area (Å²) in [6.45, 7) is 3.93. The molecule has 0 radical (unpaired) electrons. The zero-order chi connectivity index (χ0) is 15.1.